The zero-order chi connectivity index (χ0) is 13.8. The fourth-order valence-corrected chi connectivity index (χ4v) is 1.97. The molecule has 0 saturated heterocycles. The summed E-state index contributed by atoms with van der Waals surface area (Å²) in [5, 5.41) is 8.97. The number of carbonyl (C=O) groups excluding carboxylic acids is 1. The number of carbonyl (C=O) groups is 2. The van der Waals surface area contributed by atoms with Gasteiger partial charge in [0.15, 0.2) is 0 Å². The molecule has 1 aliphatic rings. The van der Waals surface area contributed by atoms with Gasteiger partial charge >= 0.3 is 5.97 Å². The zero-order valence-electron chi connectivity index (χ0n) is 10.5. The summed E-state index contributed by atoms with van der Waals surface area (Å²) in [4.78, 5) is 24.6. The second kappa shape index (κ2) is 5.56. The molecule has 1 amide bonds. The molecule has 1 aliphatic heterocycles. The number of amides is 1. The van der Waals surface area contributed by atoms with Gasteiger partial charge in [0.2, 0.25) is 5.91 Å². The second-order valence-electron chi connectivity index (χ2n) is 4.21. The molecule has 0 unspecified atom stereocenters. The minimum atomic E-state index is -1.01. The van der Waals surface area contributed by atoms with Gasteiger partial charge in [0.05, 0.1) is 24.3 Å². The number of benzene rings is 1. The molecule has 0 atom stereocenters. The Hall–Kier alpha value is -2.30. The van der Waals surface area contributed by atoms with E-state index < -0.39 is 5.97 Å². The molecule has 5 nitrogen and oxygen atoms in total. The standard InChI is InChI=1S/C14H15NO4/c1-2-3-7-15-11-5-4-10(14(17)18)9-12(11)19-8-6-13(15)16/h2,4-5,9H,1,3,6-8H2,(H,17,18). The smallest absolute Gasteiger partial charge is 0.335 e. The maximum absolute atomic E-state index is 12.0. The van der Waals surface area contributed by atoms with Crippen LogP contribution in [0.2, 0.25) is 0 Å². The molecule has 2 rings (SSSR count). The third-order valence-corrected chi connectivity index (χ3v) is 2.93. The van der Waals surface area contributed by atoms with E-state index in [-0.39, 0.29) is 24.5 Å². The molecule has 5 heteroatoms. The van der Waals surface area contributed by atoms with Gasteiger partial charge in [-0.3, -0.25) is 4.79 Å². The maximum atomic E-state index is 12.0. The number of nitrogens with zero attached hydrogens (tertiary/aromatic N) is 1. The monoisotopic (exact) mass is 261 g/mol. The van der Waals surface area contributed by atoms with Gasteiger partial charge in [-0.1, -0.05) is 6.08 Å². The lowest BCUT2D eigenvalue weighted by molar-refractivity contribution is -0.118. The summed E-state index contributed by atoms with van der Waals surface area (Å²) in [6.07, 6.45) is 2.70. The van der Waals surface area contributed by atoms with Crippen molar-refractivity contribution >= 4 is 17.6 Å². The van der Waals surface area contributed by atoms with Crippen LogP contribution in [0.25, 0.3) is 0 Å². The van der Waals surface area contributed by atoms with Gasteiger partial charge in [0.1, 0.15) is 5.75 Å². The number of hydrogen-bond acceptors (Lipinski definition) is 3. The van der Waals surface area contributed by atoms with Gasteiger partial charge in [-0.15, -0.1) is 6.58 Å². The molecule has 1 aromatic rings. The van der Waals surface area contributed by atoms with E-state index in [2.05, 4.69) is 6.58 Å². The molecular weight excluding hydrogens is 246 g/mol. The Kier molecular flexibility index (Phi) is 3.85. The van der Waals surface area contributed by atoms with Crippen molar-refractivity contribution in [2.75, 3.05) is 18.1 Å². The molecular formula is C14H15NO4. The number of aromatic carboxylic acids is 1. The van der Waals surface area contributed by atoms with Crippen molar-refractivity contribution in [2.45, 2.75) is 12.8 Å². The Balaban J connectivity index is 2.39. The summed E-state index contributed by atoms with van der Waals surface area (Å²) in [5.41, 5.74) is 0.770. The minimum absolute atomic E-state index is 0.0244. The molecule has 0 fully saturated rings. The van der Waals surface area contributed by atoms with Gasteiger partial charge in [0.25, 0.3) is 0 Å². The normalized spacial score (nSPS) is 14.3. The Morgan fingerprint density at radius 3 is 3.00 bits per heavy atom. The van der Waals surface area contributed by atoms with Crippen molar-refractivity contribution in [3.63, 3.8) is 0 Å². The van der Waals surface area contributed by atoms with Crippen LogP contribution in [0, 0.1) is 0 Å². The molecule has 1 N–H and O–H groups in total. The quantitative estimate of drug-likeness (QED) is 0.843. The van der Waals surface area contributed by atoms with Crippen LogP contribution < -0.4 is 9.64 Å². The van der Waals surface area contributed by atoms with Crippen LogP contribution in [-0.4, -0.2) is 30.1 Å². The van der Waals surface area contributed by atoms with Crippen molar-refractivity contribution in [3.05, 3.63) is 36.4 Å². The van der Waals surface area contributed by atoms with Crippen molar-refractivity contribution < 1.29 is 19.4 Å². The molecule has 0 aliphatic carbocycles. The minimum Gasteiger partial charge on any atom is -0.491 e. The number of carboxylic acid groups (broad SMARTS) is 1. The number of anilines is 1. The third kappa shape index (κ3) is 2.76. The fraction of sp³-hybridized carbons (Fsp3) is 0.286. The first-order chi connectivity index (χ1) is 9.13. The number of fused-ring (bicyclic) bond motifs is 1. The lowest BCUT2D eigenvalue weighted by Crippen LogP contribution is -2.30. The number of rotatable bonds is 4. The Morgan fingerprint density at radius 2 is 2.32 bits per heavy atom. The summed E-state index contributed by atoms with van der Waals surface area (Å²) in [6.45, 7) is 4.42. The van der Waals surface area contributed by atoms with Gasteiger partial charge in [-0.2, -0.15) is 0 Å². The van der Waals surface area contributed by atoms with Gasteiger partial charge in [-0.25, -0.2) is 4.79 Å². The first-order valence-corrected chi connectivity index (χ1v) is 6.05. The average molecular weight is 261 g/mol. The predicted octanol–water partition coefficient (Wildman–Crippen LogP) is 2.08. The van der Waals surface area contributed by atoms with E-state index in [0.29, 0.717) is 24.4 Å². The number of ether oxygens (including phenoxy) is 1. The second-order valence-corrected chi connectivity index (χ2v) is 4.21. The highest BCUT2D eigenvalue weighted by Crippen LogP contribution is 2.32. The molecule has 100 valence electrons. The van der Waals surface area contributed by atoms with E-state index in [1.54, 1.807) is 17.0 Å². The molecule has 19 heavy (non-hydrogen) atoms. The summed E-state index contributed by atoms with van der Waals surface area (Å²) < 4.78 is 5.47. The first-order valence-electron chi connectivity index (χ1n) is 6.05. The van der Waals surface area contributed by atoms with E-state index in [1.807, 2.05) is 0 Å². The molecule has 0 spiro atoms. The number of carboxylic acids is 1. The van der Waals surface area contributed by atoms with E-state index >= 15 is 0 Å². The lowest BCUT2D eigenvalue weighted by atomic mass is 10.1. The number of hydrogen-bond donors (Lipinski definition) is 1. The largest absolute Gasteiger partial charge is 0.491 e. The fourth-order valence-electron chi connectivity index (χ4n) is 1.97. The molecule has 0 saturated carbocycles. The van der Waals surface area contributed by atoms with Crippen LogP contribution >= 0.6 is 0 Å². The van der Waals surface area contributed by atoms with Crippen LogP contribution in [-0.2, 0) is 4.79 Å². The van der Waals surface area contributed by atoms with Crippen LogP contribution in [0.1, 0.15) is 23.2 Å². The van der Waals surface area contributed by atoms with Crippen molar-refractivity contribution in [1.82, 2.24) is 0 Å². The van der Waals surface area contributed by atoms with Crippen LogP contribution in [0.3, 0.4) is 0 Å². The molecule has 0 aromatic heterocycles. The average Bonchev–Trinajstić information content (AvgIpc) is 2.54. The van der Waals surface area contributed by atoms with Crippen molar-refractivity contribution in [2.24, 2.45) is 0 Å². The molecule has 1 heterocycles. The summed E-state index contributed by atoms with van der Waals surface area (Å²) in [6, 6.07) is 4.55. The Morgan fingerprint density at radius 1 is 1.53 bits per heavy atom. The summed E-state index contributed by atoms with van der Waals surface area (Å²) in [7, 11) is 0. The molecule has 1 aromatic carbocycles. The first kappa shape index (κ1) is 13.1. The lowest BCUT2D eigenvalue weighted by Gasteiger charge is -2.21. The van der Waals surface area contributed by atoms with Crippen molar-refractivity contribution in [1.29, 1.82) is 0 Å². The van der Waals surface area contributed by atoms with E-state index in [4.69, 9.17) is 9.84 Å². The highest BCUT2D eigenvalue weighted by molar-refractivity contribution is 5.97. The highest BCUT2D eigenvalue weighted by Gasteiger charge is 2.23. The van der Waals surface area contributed by atoms with Crippen LogP contribution in [0.5, 0.6) is 5.75 Å². The van der Waals surface area contributed by atoms with E-state index in [1.165, 1.54) is 12.1 Å². The summed E-state index contributed by atoms with van der Waals surface area (Å²) >= 11 is 0. The maximum Gasteiger partial charge on any atom is 0.335 e. The Labute approximate surface area is 111 Å². The van der Waals surface area contributed by atoms with Gasteiger partial charge in [-0.05, 0) is 24.6 Å². The topological polar surface area (TPSA) is 66.8 Å². The SMILES string of the molecule is C=CCCN1C(=O)CCOc2cc(C(=O)O)ccc21. The third-order valence-electron chi connectivity index (χ3n) is 2.93. The zero-order valence-corrected chi connectivity index (χ0v) is 10.5. The van der Waals surface area contributed by atoms with Gasteiger partial charge in [0, 0.05) is 6.54 Å². The molecule has 0 bridgehead atoms. The Bertz CT molecular complexity index is 524. The van der Waals surface area contributed by atoms with Gasteiger partial charge < -0.3 is 14.7 Å². The van der Waals surface area contributed by atoms with Crippen LogP contribution in [0.15, 0.2) is 30.9 Å². The van der Waals surface area contributed by atoms with Crippen LogP contribution in [0.4, 0.5) is 5.69 Å². The van der Waals surface area contributed by atoms with E-state index in [9.17, 15) is 9.59 Å². The highest BCUT2D eigenvalue weighted by atomic mass is 16.5. The van der Waals surface area contributed by atoms with Crippen molar-refractivity contribution in [3.8, 4) is 5.75 Å². The van der Waals surface area contributed by atoms with E-state index in [0.717, 1.165) is 0 Å². The molecule has 0 radical (unpaired) electrons. The summed E-state index contributed by atoms with van der Waals surface area (Å²) in [5.74, 6) is -0.599. The predicted molar refractivity (Wildman–Crippen MR) is 70.7 cm³/mol.